The zero-order chi connectivity index (χ0) is 13.1. The molecule has 0 saturated heterocycles. The molecule has 18 heavy (non-hydrogen) atoms. The molecule has 0 aliphatic carbocycles. The normalized spacial score (nSPS) is 10.1. The molecule has 5 nitrogen and oxygen atoms in total. The fraction of sp³-hybridized carbons (Fsp3) is 0.0769. The van der Waals surface area contributed by atoms with Gasteiger partial charge in [-0.2, -0.15) is 0 Å². The monoisotopic (exact) mass is 244 g/mol. The van der Waals surface area contributed by atoms with Crippen molar-refractivity contribution in [3.8, 4) is 11.5 Å². The minimum Gasteiger partial charge on any atom is -0.508 e. The van der Waals surface area contributed by atoms with Crippen molar-refractivity contribution in [3.63, 3.8) is 0 Å². The van der Waals surface area contributed by atoms with E-state index in [9.17, 15) is 15.0 Å². The van der Waals surface area contributed by atoms with Gasteiger partial charge in [-0.3, -0.25) is 9.78 Å². The number of aryl methyl sites for hydroxylation is 1. The van der Waals surface area contributed by atoms with Crippen molar-refractivity contribution in [1.29, 1.82) is 0 Å². The van der Waals surface area contributed by atoms with E-state index in [0.717, 1.165) is 5.69 Å². The van der Waals surface area contributed by atoms with Crippen LogP contribution in [0.3, 0.4) is 0 Å². The van der Waals surface area contributed by atoms with Crippen LogP contribution in [0.1, 0.15) is 16.1 Å². The van der Waals surface area contributed by atoms with Gasteiger partial charge in [0, 0.05) is 17.6 Å². The highest BCUT2D eigenvalue weighted by Gasteiger charge is 2.12. The van der Waals surface area contributed by atoms with Crippen molar-refractivity contribution in [2.24, 2.45) is 0 Å². The Labute approximate surface area is 104 Å². The molecule has 0 saturated carbocycles. The Balaban J connectivity index is 2.24. The average Bonchev–Trinajstić information content (AvgIpc) is 2.32. The second-order valence-electron chi connectivity index (χ2n) is 3.84. The summed E-state index contributed by atoms with van der Waals surface area (Å²) in [6.45, 7) is 1.81. The number of benzene rings is 1. The number of carbonyl (C=O) groups is 1. The summed E-state index contributed by atoms with van der Waals surface area (Å²) in [7, 11) is 0. The van der Waals surface area contributed by atoms with E-state index in [1.165, 1.54) is 18.2 Å². The van der Waals surface area contributed by atoms with Crippen molar-refractivity contribution in [2.45, 2.75) is 6.92 Å². The fourth-order valence-electron chi connectivity index (χ4n) is 1.53. The van der Waals surface area contributed by atoms with Gasteiger partial charge < -0.3 is 15.5 Å². The van der Waals surface area contributed by atoms with Gasteiger partial charge in [0.05, 0.1) is 5.56 Å². The number of nitrogens with zero attached hydrogens (tertiary/aromatic N) is 1. The highest BCUT2D eigenvalue weighted by Crippen LogP contribution is 2.23. The third kappa shape index (κ3) is 2.57. The predicted octanol–water partition coefficient (Wildman–Crippen LogP) is 2.05. The summed E-state index contributed by atoms with van der Waals surface area (Å²) in [5.41, 5.74) is 1.37. The number of carbonyl (C=O) groups excluding carboxylic acids is 1. The molecule has 0 bridgehead atoms. The van der Waals surface area contributed by atoms with Gasteiger partial charge >= 0.3 is 0 Å². The molecule has 0 aliphatic rings. The molecule has 5 heteroatoms. The minimum absolute atomic E-state index is 0.0180. The lowest BCUT2D eigenvalue weighted by Gasteiger charge is -2.07. The topological polar surface area (TPSA) is 82.5 Å². The van der Waals surface area contributed by atoms with Crippen LogP contribution in [0.25, 0.3) is 0 Å². The molecule has 2 aromatic rings. The summed E-state index contributed by atoms with van der Waals surface area (Å²) in [4.78, 5) is 15.9. The van der Waals surface area contributed by atoms with E-state index < -0.39 is 5.91 Å². The van der Waals surface area contributed by atoms with Crippen molar-refractivity contribution in [2.75, 3.05) is 5.32 Å². The van der Waals surface area contributed by atoms with Crippen molar-refractivity contribution >= 4 is 11.6 Å². The van der Waals surface area contributed by atoms with Crippen LogP contribution in [0.15, 0.2) is 36.5 Å². The molecule has 1 aromatic heterocycles. The Morgan fingerprint density at radius 2 is 2.00 bits per heavy atom. The molecular weight excluding hydrogens is 232 g/mol. The summed E-state index contributed by atoms with van der Waals surface area (Å²) in [5, 5.41) is 21.5. The highest BCUT2D eigenvalue weighted by molar-refractivity contribution is 6.06. The standard InChI is InChI=1S/C13H12N2O3/c1-8-6-9(4-5-14-8)15-13(18)11-7-10(16)2-3-12(11)17/h2-7,16-17H,1H3,(H,14,15,18). The number of pyridine rings is 1. The maximum Gasteiger partial charge on any atom is 0.259 e. The summed E-state index contributed by atoms with van der Waals surface area (Å²) in [5.74, 6) is -0.756. The van der Waals surface area contributed by atoms with Crippen LogP contribution < -0.4 is 5.32 Å². The van der Waals surface area contributed by atoms with Gasteiger partial charge in [-0.1, -0.05) is 0 Å². The smallest absolute Gasteiger partial charge is 0.259 e. The number of nitrogens with one attached hydrogen (secondary N) is 1. The molecule has 0 radical (unpaired) electrons. The number of hydrogen-bond acceptors (Lipinski definition) is 4. The van der Waals surface area contributed by atoms with E-state index in [0.29, 0.717) is 5.69 Å². The first-order valence-electron chi connectivity index (χ1n) is 5.32. The Morgan fingerprint density at radius 3 is 2.72 bits per heavy atom. The summed E-state index contributed by atoms with van der Waals surface area (Å²) in [6, 6.07) is 7.13. The van der Waals surface area contributed by atoms with E-state index in [2.05, 4.69) is 10.3 Å². The molecule has 1 heterocycles. The van der Waals surface area contributed by atoms with Gasteiger partial charge in [0.1, 0.15) is 11.5 Å². The van der Waals surface area contributed by atoms with Crippen LogP contribution >= 0.6 is 0 Å². The van der Waals surface area contributed by atoms with Crippen LogP contribution in [0.4, 0.5) is 5.69 Å². The number of aromatic hydroxyl groups is 2. The van der Waals surface area contributed by atoms with Crippen molar-refractivity contribution in [3.05, 3.63) is 47.8 Å². The van der Waals surface area contributed by atoms with Gasteiger partial charge in [-0.25, -0.2) is 0 Å². The maximum atomic E-state index is 11.9. The molecular formula is C13H12N2O3. The van der Waals surface area contributed by atoms with Crippen LogP contribution in [0.5, 0.6) is 11.5 Å². The van der Waals surface area contributed by atoms with E-state index >= 15 is 0 Å². The van der Waals surface area contributed by atoms with Gasteiger partial charge in [0.15, 0.2) is 0 Å². The molecule has 1 amide bonds. The number of hydrogen-bond donors (Lipinski definition) is 3. The second kappa shape index (κ2) is 4.75. The lowest BCUT2D eigenvalue weighted by molar-refractivity contribution is 0.102. The predicted molar refractivity (Wildman–Crippen MR) is 66.7 cm³/mol. The van der Waals surface area contributed by atoms with Crippen LogP contribution in [0.2, 0.25) is 0 Å². The third-order valence-electron chi connectivity index (χ3n) is 2.38. The Bertz CT molecular complexity index is 597. The number of anilines is 1. The van der Waals surface area contributed by atoms with Crippen LogP contribution in [-0.2, 0) is 0 Å². The van der Waals surface area contributed by atoms with E-state index in [-0.39, 0.29) is 17.1 Å². The molecule has 0 atom stereocenters. The quantitative estimate of drug-likeness (QED) is 0.706. The van der Waals surface area contributed by atoms with Crippen molar-refractivity contribution in [1.82, 2.24) is 4.98 Å². The molecule has 0 aliphatic heterocycles. The van der Waals surface area contributed by atoms with E-state index in [4.69, 9.17) is 0 Å². The van der Waals surface area contributed by atoms with E-state index in [1.807, 2.05) is 6.92 Å². The molecule has 1 aromatic carbocycles. The number of aromatic nitrogens is 1. The molecule has 2 rings (SSSR count). The fourth-order valence-corrected chi connectivity index (χ4v) is 1.53. The van der Waals surface area contributed by atoms with Crippen LogP contribution in [0, 0.1) is 6.92 Å². The molecule has 3 N–H and O–H groups in total. The first-order chi connectivity index (χ1) is 8.56. The zero-order valence-corrected chi connectivity index (χ0v) is 9.71. The highest BCUT2D eigenvalue weighted by atomic mass is 16.3. The summed E-state index contributed by atoms with van der Waals surface area (Å²) in [6.07, 6.45) is 1.58. The number of phenols is 2. The van der Waals surface area contributed by atoms with E-state index in [1.54, 1.807) is 18.3 Å². The lowest BCUT2D eigenvalue weighted by atomic mass is 10.1. The van der Waals surface area contributed by atoms with Gasteiger partial charge in [-0.15, -0.1) is 0 Å². The molecule has 0 unspecified atom stereocenters. The van der Waals surface area contributed by atoms with Gasteiger partial charge in [0.25, 0.3) is 5.91 Å². The minimum atomic E-state index is -0.492. The SMILES string of the molecule is Cc1cc(NC(=O)c2cc(O)ccc2O)ccn1. The van der Waals surface area contributed by atoms with Crippen LogP contribution in [-0.4, -0.2) is 21.1 Å². The average molecular weight is 244 g/mol. The Kier molecular flexibility index (Phi) is 3.14. The third-order valence-corrected chi connectivity index (χ3v) is 2.38. The Hall–Kier alpha value is -2.56. The maximum absolute atomic E-state index is 11.9. The molecule has 0 fully saturated rings. The Morgan fingerprint density at radius 1 is 1.22 bits per heavy atom. The number of amides is 1. The zero-order valence-electron chi connectivity index (χ0n) is 9.71. The van der Waals surface area contributed by atoms with Crippen molar-refractivity contribution < 1.29 is 15.0 Å². The van der Waals surface area contributed by atoms with Gasteiger partial charge in [-0.05, 0) is 37.3 Å². The number of rotatable bonds is 2. The molecule has 92 valence electrons. The summed E-state index contributed by atoms with van der Waals surface area (Å²) >= 11 is 0. The summed E-state index contributed by atoms with van der Waals surface area (Å²) < 4.78 is 0. The number of phenolic OH excluding ortho intramolecular Hbond substituents is 2. The first kappa shape index (κ1) is 11.9. The largest absolute Gasteiger partial charge is 0.508 e. The second-order valence-corrected chi connectivity index (χ2v) is 3.84. The first-order valence-corrected chi connectivity index (χ1v) is 5.32. The lowest BCUT2D eigenvalue weighted by Crippen LogP contribution is -2.12. The van der Waals surface area contributed by atoms with Gasteiger partial charge in [0.2, 0.25) is 0 Å². The molecule has 0 spiro atoms.